The predicted octanol–water partition coefficient (Wildman–Crippen LogP) is 3.90. The molecule has 0 saturated heterocycles. The molecule has 0 aliphatic rings. The normalized spacial score (nSPS) is 11.8. The van der Waals surface area contributed by atoms with E-state index in [2.05, 4.69) is 5.32 Å². The zero-order valence-electron chi connectivity index (χ0n) is 14.9. The van der Waals surface area contributed by atoms with E-state index in [-0.39, 0.29) is 10.6 Å². The van der Waals surface area contributed by atoms with Crippen molar-refractivity contribution in [3.05, 3.63) is 58.1 Å². The number of amides is 1. The molecule has 2 aromatic carbocycles. The molecule has 0 aliphatic heterocycles. The number of hydrogen-bond acceptors (Lipinski definition) is 4. The van der Waals surface area contributed by atoms with Crippen molar-refractivity contribution in [1.29, 1.82) is 0 Å². The topological polar surface area (TPSA) is 75.7 Å². The van der Waals surface area contributed by atoms with E-state index in [1.807, 2.05) is 0 Å². The maximum atomic E-state index is 12.3. The van der Waals surface area contributed by atoms with Crippen molar-refractivity contribution in [3.63, 3.8) is 0 Å². The molecule has 144 valence electrons. The predicted molar refractivity (Wildman–Crippen MR) is 108 cm³/mol. The number of nitrogens with zero attached hydrogens (tertiary/aromatic N) is 1. The summed E-state index contributed by atoms with van der Waals surface area (Å²) >= 11 is 12.0. The average Bonchev–Trinajstić information content (AvgIpc) is 2.62. The minimum atomic E-state index is -3.65. The number of benzene rings is 2. The van der Waals surface area contributed by atoms with Gasteiger partial charge in [-0.3, -0.25) is 4.79 Å². The molecule has 0 unspecified atom stereocenters. The number of hydrogen-bond donors (Lipinski definition) is 1. The van der Waals surface area contributed by atoms with E-state index < -0.39 is 15.9 Å². The van der Waals surface area contributed by atoms with Crippen LogP contribution in [-0.4, -0.2) is 39.8 Å². The summed E-state index contributed by atoms with van der Waals surface area (Å²) in [4.78, 5) is 12.3. The van der Waals surface area contributed by atoms with Gasteiger partial charge in [-0.2, -0.15) is 0 Å². The molecular formula is C18H18Cl2N2O4S. The largest absolute Gasteiger partial charge is 0.495 e. The van der Waals surface area contributed by atoms with Gasteiger partial charge in [-0.05, 0) is 35.9 Å². The Hall–Kier alpha value is -2.06. The molecule has 9 heteroatoms. The summed E-state index contributed by atoms with van der Waals surface area (Å²) in [6.45, 7) is 0. The summed E-state index contributed by atoms with van der Waals surface area (Å²) in [5.41, 5.74) is 0.808. The Morgan fingerprint density at radius 3 is 2.52 bits per heavy atom. The molecule has 0 saturated carbocycles. The van der Waals surface area contributed by atoms with Crippen LogP contribution in [0.15, 0.2) is 47.4 Å². The maximum absolute atomic E-state index is 12.3. The number of ether oxygens (including phenoxy) is 1. The van der Waals surface area contributed by atoms with Crippen molar-refractivity contribution in [2.75, 3.05) is 26.5 Å². The number of methoxy groups -OCH3 is 1. The van der Waals surface area contributed by atoms with Crippen molar-refractivity contribution in [1.82, 2.24) is 4.31 Å². The van der Waals surface area contributed by atoms with E-state index in [4.69, 9.17) is 27.9 Å². The molecule has 0 aliphatic carbocycles. The first kappa shape index (κ1) is 21.2. The van der Waals surface area contributed by atoms with E-state index >= 15 is 0 Å². The lowest BCUT2D eigenvalue weighted by Crippen LogP contribution is -2.22. The third-order valence-electron chi connectivity index (χ3n) is 3.60. The van der Waals surface area contributed by atoms with E-state index in [0.29, 0.717) is 21.4 Å². The third-order valence-corrected chi connectivity index (χ3v) is 6.25. The van der Waals surface area contributed by atoms with E-state index in [9.17, 15) is 13.2 Å². The van der Waals surface area contributed by atoms with Crippen LogP contribution in [0.5, 0.6) is 5.75 Å². The Labute approximate surface area is 168 Å². The van der Waals surface area contributed by atoms with Crippen molar-refractivity contribution in [2.45, 2.75) is 4.90 Å². The van der Waals surface area contributed by atoms with Gasteiger partial charge in [0, 0.05) is 20.2 Å². The van der Waals surface area contributed by atoms with Crippen molar-refractivity contribution in [2.24, 2.45) is 0 Å². The zero-order chi connectivity index (χ0) is 20.2. The van der Waals surface area contributed by atoms with Crippen LogP contribution in [0, 0.1) is 0 Å². The Bertz CT molecular complexity index is 989. The second-order valence-corrected chi connectivity index (χ2v) is 8.55. The molecule has 1 amide bonds. The van der Waals surface area contributed by atoms with Gasteiger partial charge in [0.15, 0.2) is 0 Å². The molecule has 0 aromatic heterocycles. The SMILES string of the molecule is COc1ccc(S(=O)(=O)N(C)C)cc1NC(=O)/C=C/c1cccc(Cl)c1Cl. The average molecular weight is 429 g/mol. The molecule has 0 bridgehead atoms. The van der Waals surface area contributed by atoms with Crippen LogP contribution >= 0.6 is 23.2 Å². The van der Waals surface area contributed by atoms with Crippen LogP contribution in [0.1, 0.15) is 5.56 Å². The van der Waals surface area contributed by atoms with Gasteiger partial charge in [0.25, 0.3) is 0 Å². The number of anilines is 1. The summed E-state index contributed by atoms with van der Waals surface area (Å²) in [6, 6.07) is 9.29. The highest BCUT2D eigenvalue weighted by molar-refractivity contribution is 7.89. The first-order valence-electron chi connectivity index (χ1n) is 7.70. The van der Waals surface area contributed by atoms with Gasteiger partial charge < -0.3 is 10.1 Å². The number of rotatable bonds is 6. The summed E-state index contributed by atoms with van der Waals surface area (Å²) in [7, 11) is 0.626. The molecule has 0 atom stereocenters. The van der Waals surface area contributed by atoms with Gasteiger partial charge in [-0.15, -0.1) is 0 Å². The Balaban J connectivity index is 2.29. The molecule has 0 radical (unpaired) electrons. The first-order valence-corrected chi connectivity index (χ1v) is 9.90. The molecule has 1 N–H and O–H groups in total. The third kappa shape index (κ3) is 5.01. The number of carbonyl (C=O) groups excluding carboxylic acids is 1. The molecule has 0 spiro atoms. The number of sulfonamides is 1. The summed E-state index contributed by atoms with van der Waals surface area (Å²) in [5, 5.41) is 3.32. The highest BCUT2D eigenvalue weighted by Gasteiger charge is 2.19. The fraction of sp³-hybridized carbons (Fsp3) is 0.167. The van der Waals surface area contributed by atoms with E-state index in [0.717, 1.165) is 4.31 Å². The number of nitrogens with one attached hydrogen (secondary N) is 1. The summed E-state index contributed by atoms with van der Waals surface area (Å²) in [6.07, 6.45) is 2.78. The maximum Gasteiger partial charge on any atom is 0.248 e. The van der Waals surface area contributed by atoms with Gasteiger partial charge >= 0.3 is 0 Å². The Morgan fingerprint density at radius 1 is 1.19 bits per heavy atom. The van der Waals surface area contributed by atoms with Gasteiger partial charge in [-0.1, -0.05) is 35.3 Å². The minimum Gasteiger partial charge on any atom is -0.495 e. The van der Waals surface area contributed by atoms with Crippen LogP contribution in [0.4, 0.5) is 5.69 Å². The second kappa shape index (κ2) is 8.75. The quantitative estimate of drug-likeness (QED) is 0.707. The van der Waals surface area contributed by atoms with Crippen LogP contribution in [0.25, 0.3) is 6.08 Å². The van der Waals surface area contributed by atoms with E-state index in [1.54, 1.807) is 18.2 Å². The van der Waals surface area contributed by atoms with Crippen LogP contribution in [0.3, 0.4) is 0 Å². The summed E-state index contributed by atoms with van der Waals surface area (Å²) in [5.74, 6) is -0.154. The molecule has 0 fully saturated rings. The van der Waals surface area contributed by atoms with Crippen molar-refractivity contribution >= 4 is 50.9 Å². The molecular weight excluding hydrogens is 411 g/mol. The number of halogens is 2. The summed E-state index contributed by atoms with van der Waals surface area (Å²) < 4.78 is 30.8. The first-order chi connectivity index (χ1) is 12.7. The van der Waals surface area contributed by atoms with Gasteiger partial charge in [-0.25, -0.2) is 12.7 Å². The van der Waals surface area contributed by atoms with Gasteiger partial charge in [0.1, 0.15) is 5.75 Å². The highest BCUT2D eigenvalue weighted by Crippen LogP contribution is 2.29. The Morgan fingerprint density at radius 2 is 1.89 bits per heavy atom. The smallest absolute Gasteiger partial charge is 0.248 e. The van der Waals surface area contributed by atoms with Crippen LogP contribution < -0.4 is 10.1 Å². The van der Waals surface area contributed by atoms with Crippen molar-refractivity contribution in [3.8, 4) is 5.75 Å². The number of carbonyl (C=O) groups is 1. The lowest BCUT2D eigenvalue weighted by molar-refractivity contribution is -0.111. The lowest BCUT2D eigenvalue weighted by atomic mass is 10.2. The monoisotopic (exact) mass is 428 g/mol. The lowest BCUT2D eigenvalue weighted by Gasteiger charge is -2.14. The molecule has 27 heavy (non-hydrogen) atoms. The standard InChI is InChI=1S/C18H18Cl2N2O4S/c1-22(2)27(24,25)13-8-9-16(26-3)15(11-13)21-17(23)10-7-12-5-4-6-14(19)18(12)20/h4-11H,1-3H3,(H,21,23)/b10-7+. The zero-order valence-corrected chi connectivity index (χ0v) is 17.2. The van der Waals surface area contributed by atoms with Gasteiger partial charge in [0.2, 0.25) is 15.9 Å². The molecule has 6 nitrogen and oxygen atoms in total. The Kier molecular flexibility index (Phi) is 6.89. The van der Waals surface area contributed by atoms with Crippen LogP contribution in [-0.2, 0) is 14.8 Å². The highest BCUT2D eigenvalue weighted by atomic mass is 35.5. The second-order valence-electron chi connectivity index (χ2n) is 5.62. The molecule has 0 heterocycles. The van der Waals surface area contributed by atoms with E-state index in [1.165, 1.54) is 51.6 Å². The minimum absolute atomic E-state index is 0.0328. The fourth-order valence-corrected chi connectivity index (χ4v) is 3.44. The molecule has 2 rings (SSSR count). The molecule has 2 aromatic rings. The van der Waals surface area contributed by atoms with Gasteiger partial charge in [0.05, 0.1) is 27.7 Å². The fourth-order valence-electron chi connectivity index (χ4n) is 2.15. The van der Waals surface area contributed by atoms with Crippen molar-refractivity contribution < 1.29 is 17.9 Å². The van der Waals surface area contributed by atoms with Crippen LogP contribution in [0.2, 0.25) is 10.0 Å².